The number of alkyl carbamates (subject to hydrolysis) is 1. The van der Waals surface area contributed by atoms with Crippen LogP contribution in [-0.2, 0) is 19.1 Å². The molecule has 0 bridgehead atoms. The molecule has 0 aromatic rings. The second-order valence-corrected chi connectivity index (χ2v) is 5.97. The third-order valence-electron chi connectivity index (χ3n) is 2.26. The molecule has 7 nitrogen and oxygen atoms in total. The van der Waals surface area contributed by atoms with Gasteiger partial charge in [-0.1, -0.05) is 0 Å². The lowest BCUT2D eigenvalue weighted by Gasteiger charge is -2.26. The lowest BCUT2D eigenvalue weighted by atomic mass is 10.1. The monoisotopic (exact) mass is 288 g/mol. The van der Waals surface area contributed by atoms with Crippen molar-refractivity contribution in [3.05, 3.63) is 0 Å². The number of ether oxygens (including phenoxy) is 2. The van der Waals surface area contributed by atoms with E-state index < -0.39 is 35.2 Å². The minimum atomic E-state index is -1.17. The Morgan fingerprint density at radius 1 is 1.05 bits per heavy atom. The van der Waals surface area contributed by atoms with Crippen LogP contribution in [0.3, 0.4) is 0 Å². The van der Waals surface area contributed by atoms with Crippen LogP contribution in [0.25, 0.3) is 0 Å². The molecular formula is C13H24N2O5. The average molecular weight is 288 g/mol. The predicted molar refractivity (Wildman–Crippen MR) is 73.1 cm³/mol. The number of carbonyl (C=O) groups is 3. The maximum absolute atomic E-state index is 11.9. The quantitative estimate of drug-likeness (QED) is 0.752. The zero-order valence-corrected chi connectivity index (χ0v) is 13.1. The van der Waals surface area contributed by atoms with Crippen molar-refractivity contribution < 1.29 is 23.9 Å². The highest BCUT2D eigenvalue weighted by atomic mass is 16.6. The van der Waals surface area contributed by atoms with Gasteiger partial charge in [0.05, 0.1) is 7.11 Å². The number of esters is 1. The molecule has 0 radical (unpaired) electrons. The van der Waals surface area contributed by atoms with Crippen molar-refractivity contribution in [1.29, 1.82) is 0 Å². The van der Waals surface area contributed by atoms with E-state index in [0.717, 1.165) is 0 Å². The van der Waals surface area contributed by atoms with Crippen molar-refractivity contribution in [1.82, 2.24) is 10.6 Å². The lowest BCUT2D eigenvalue weighted by Crippen LogP contribution is -2.56. The highest BCUT2D eigenvalue weighted by molar-refractivity contribution is 5.91. The van der Waals surface area contributed by atoms with Gasteiger partial charge >= 0.3 is 12.1 Å². The Kier molecular flexibility index (Phi) is 5.99. The van der Waals surface area contributed by atoms with Gasteiger partial charge < -0.3 is 20.1 Å². The van der Waals surface area contributed by atoms with Crippen molar-refractivity contribution in [2.24, 2.45) is 0 Å². The Morgan fingerprint density at radius 3 is 1.95 bits per heavy atom. The van der Waals surface area contributed by atoms with Gasteiger partial charge in [-0.05, 0) is 41.5 Å². The molecule has 0 rings (SSSR count). The Balaban J connectivity index is 4.50. The molecule has 116 valence electrons. The van der Waals surface area contributed by atoms with Crippen LogP contribution in [0.2, 0.25) is 0 Å². The first-order chi connectivity index (χ1) is 8.89. The number of methoxy groups -OCH3 is 1. The average Bonchev–Trinajstić information content (AvgIpc) is 2.24. The molecule has 0 saturated heterocycles. The molecule has 2 N–H and O–H groups in total. The molecule has 0 fully saturated rings. The summed E-state index contributed by atoms with van der Waals surface area (Å²) in [5.74, 6) is -1.08. The minimum Gasteiger partial charge on any atom is -0.467 e. The van der Waals surface area contributed by atoms with E-state index in [1.165, 1.54) is 27.9 Å². The fourth-order valence-corrected chi connectivity index (χ4v) is 1.27. The number of hydrogen-bond acceptors (Lipinski definition) is 5. The molecule has 0 aliphatic heterocycles. The first-order valence-corrected chi connectivity index (χ1v) is 6.29. The first kappa shape index (κ1) is 18.2. The van der Waals surface area contributed by atoms with E-state index in [2.05, 4.69) is 15.4 Å². The summed E-state index contributed by atoms with van der Waals surface area (Å²) in [5.41, 5.74) is -1.82. The van der Waals surface area contributed by atoms with Gasteiger partial charge in [-0.3, -0.25) is 4.79 Å². The number of carbonyl (C=O) groups excluding carboxylic acids is 3. The van der Waals surface area contributed by atoms with Crippen LogP contribution in [0.4, 0.5) is 4.79 Å². The van der Waals surface area contributed by atoms with Gasteiger partial charge in [-0.15, -0.1) is 0 Å². The second-order valence-electron chi connectivity index (χ2n) is 5.97. The van der Waals surface area contributed by atoms with Crippen LogP contribution in [0.15, 0.2) is 0 Å². The molecule has 0 aliphatic rings. The van der Waals surface area contributed by atoms with Gasteiger partial charge in [0.15, 0.2) is 0 Å². The topological polar surface area (TPSA) is 93.7 Å². The number of nitrogens with one attached hydrogen (secondary N) is 2. The smallest absolute Gasteiger partial charge is 0.408 e. The predicted octanol–water partition coefficient (Wildman–Crippen LogP) is 0.967. The van der Waals surface area contributed by atoms with E-state index in [0.29, 0.717) is 0 Å². The van der Waals surface area contributed by atoms with Gasteiger partial charge in [0, 0.05) is 0 Å². The summed E-state index contributed by atoms with van der Waals surface area (Å²) in [6.45, 7) is 9.67. The highest BCUT2D eigenvalue weighted by Crippen LogP contribution is 2.08. The van der Waals surface area contributed by atoms with Crippen molar-refractivity contribution in [3.63, 3.8) is 0 Å². The van der Waals surface area contributed by atoms with E-state index in [1.54, 1.807) is 20.8 Å². The summed E-state index contributed by atoms with van der Waals surface area (Å²) in [5, 5.41) is 4.88. The summed E-state index contributed by atoms with van der Waals surface area (Å²) < 4.78 is 9.61. The van der Waals surface area contributed by atoms with Crippen LogP contribution in [0.5, 0.6) is 0 Å². The normalized spacial score (nSPS) is 13.2. The zero-order chi connectivity index (χ0) is 16.1. The van der Waals surface area contributed by atoms with E-state index in [4.69, 9.17) is 4.74 Å². The number of hydrogen-bond donors (Lipinski definition) is 2. The summed E-state index contributed by atoms with van der Waals surface area (Å²) >= 11 is 0. The van der Waals surface area contributed by atoms with Crippen molar-refractivity contribution in [2.45, 2.75) is 58.7 Å². The maximum Gasteiger partial charge on any atom is 0.408 e. The molecule has 20 heavy (non-hydrogen) atoms. The largest absolute Gasteiger partial charge is 0.467 e. The van der Waals surface area contributed by atoms with Crippen LogP contribution < -0.4 is 10.6 Å². The highest BCUT2D eigenvalue weighted by Gasteiger charge is 2.32. The molecule has 1 atom stereocenters. The van der Waals surface area contributed by atoms with Crippen molar-refractivity contribution >= 4 is 18.0 Å². The molecule has 0 aromatic carbocycles. The van der Waals surface area contributed by atoms with Crippen LogP contribution in [-0.4, -0.2) is 42.3 Å². The third-order valence-corrected chi connectivity index (χ3v) is 2.26. The third kappa shape index (κ3) is 6.40. The standard InChI is InChI=1S/C13H24N2O5/c1-8(14-11(18)20-12(2,3)4)9(16)15-13(5,6)10(17)19-7/h8H,1-7H3,(H,14,18)(H,15,16). The van der Waals surface area contributed by atoms with Gasteiger partial charge in [-0.25, -0.2) is 9.59 Å². The fraction of sp³-hybridized carbons (Fsp3) is 0.769. The summed E-state index contributed by atoms with van der Waals surface area (Å²) in [6.07, 6.45) is -0.698. The fourth-order valence-electron chi connectivity index (χ4n) is 1.27. The van der Waals surface area contributed by atoms with Crippen LogP contribution in [0.1, 0.15) is 41.5 Å². The molecule has 0 spiro atoms. The van der Waals surface area contributed by atoms with Crippen molar-refractivity contribution in [3.8, 4) is 0 Å². The van der Waals surface area contributed by atoms with Crippen molar-refractivity contribution in [2.75, 3.05) is 7.11 Å². The Labute approximate surface area is 119 Å². The van der Waals surface area contributed by atoms with E-state index in [-0.39, 0.29) is 0 Å². The molecule has 7 heteroatoms. The summed E-state index contributed by atoms with van der Waals surface area (Å²) in [6, 6.07) is -0.839. The van der Waals surface area contributed by atoms with Gasteiger partial charge in [0.1, 0.15) is 17.2 Å². The Hall–Kier alpha value is -1.79. The molecule has 1 unspecified atom stereocenters. The summed E-state index contributed by atoms with van der Waals surface area (Å²) in [4.78, 5) is 34.9. The Morgan fingerprint density at radius 2 is 1.55 bits per heavy atom. The lowest BCUT2D eigenvalue weighted by molar-refractivity contribution is -0.149. The number of rotatable bonds is 4. The van der Waals surface area contributed by atoms with Gasteiger partial charge in [0.2, 0.25) is 5.91 Å². The molecule has 0 saturated carbocycles. The van der Waals surface area contributed by atoms with Crippen LogP contribution in [0, 0.1) is 0 Å². The molecule has 0 aromatic heterocycles. The molecular weight excluding hydrogens is 264 g/mol. The molecule has 2 amide bonds. The second kappa shape index (κ2) is 6.58. The zero-order valence-electron chi connectivity index (χ0n) is 13.1. The minimum absolute atomic E-state index is 0.508. The SMILES string of the molecule is COC(=O)C(C)(C)NC(=O)C(C)NC(=O)OC(C)(C)C. The van der Waals surface area contributed by atoms with E-state index in [9.17, 15) is 14.4 Å². The number of amides is 2. The molecule has 0 heterocycles. The Bertz CT molecular complexity index is 385. The van der Waals surface area contributed by atoms with Crippen LogP contribution >= 0.6 is 0 Å². The maximum atomic E-state index is 11.9. The van der Waals surface area contributed by atoms with Gasteiger partial charge in [-0.2, -0.15) is 0 Å². The first-order valence-electron chi connectivity index (χ1n) is 6.29. The molecule has 0 aliphatic carbocycles. The van der Waals surface area contributed by atoms with E-state index in [1.807, 2.05) is 0 Å². The van der Waals surface area contributed by atoms with E-state index >= 15 is 0 Å². The van der Waals surface area contributed by atoms with Gasteiger partial charge in [0.25, 0.3) is 0 Å². The summed E-state index contributed by atoms with van der Waals surface area (Å²) in [7, 11) is 1.23.